The fourth-order valence-electron chi connectivity index (χ4n) is 3.32. The number of para-hydroxylation sites is 1. The van der Waals surface area contributed by atoms with Crippen molar-refractivity contribution in [3.05, 3.63) is 36.0 Å². The topological polar surface area (TPSA) is 28.2 Å². The van der Waals surface area contributed by atoms with Crippen molar-refractivity contribution in [2.75, 3.05) is 31.1 Å². The molecule has 3 nitrogen and oxygen atoms in total. The van der Waals surface area contributed by atoms with Crippen LogP contribution in [0.5, 0.6) is 0 Å². The van der Waals surface area contributed by atoms with Gasteiger partial charge in [0.15, 0.2) is 0 Å². The highest BCUT2D eigenvalue weighted by Gasteiger charge is 2.18. The molecule has 1 aromatic heterocycles. The number of nitrogens with one attached hydrogen (secondary N) is 1. The minimum Gasteiger partial charge on any atom is -0.371 e. The van der Waals surface area contributed by atoms with Crippen LogP contribution in [0.15, 0.2) is 30.3 Å². The molecule has 2 aromatic rings. The Labute approximate surface area is 127 Å². The molecule has 1 aliphatic heterocycles. The lowest BCUT2D eigenvalue weighted by molar-refractivity contribution is 0.375. The Morgan fingerprint density at radius 1 is 1.24 bits per heavy atom. The number of hydrogen-bond donors (Lipinski definition) is 1. The van der Waals surface area contributed by atoms with E-state index in [1.807, 2.05) is 0 Å². The Morgan fingerprint density at radius 3 is 2.76 bits per heavy atom. The SMILES string of the molecule is CCN(CC1CCNCC1)c1cc(C)nc2ccccc12. The Kier molecular flexibility index (Phi) is 4.39. The highest BCUT2D eigenvalue weighted by atomic mass is 15.1. The van der Waals surface area contributed by atoms with E-state index in [9.17, 15) is 0 Å². The van der Waals surface area contributed by atoms with Crippen molar-refractivity contribution in [3.8, 4) is 0 Å². The highest BCUT2D eigenvalue weighted by Crippen LogP contribution is 2.28. The van der Waals surface area contributed by atoms with Crippen LogP contribution in [0.25, 0.3) is 10.9 Å². The lowest BCUT2D eigenvalue weighted by Gasteiger charge is -2.31. The molecule has 0 saturated carbocycles. The van der Waals surface area contributed by atoms with Crippen LogP contribution in [0.2, 0.25) is 0 Å². The van der Waals surface area contributed by atoms with Crippen LogP contribution < -0.4 is 10.2 Å². The van der Waals surface area contributed by atoms with Gasteiger partial charge in [0.05, 0.1) is 5.52 Å². The van der Waals surface area contributed by atoms with E-state index in [1.165, 1.54) is 37.0 Å². The number of pyridine rings is 1. The first-order valence-electron chi connectivity index (χ1n) is 8.10. The summed E-state index contributed by atoms with van der Waals surface area (Å²) in [5, 5.41) is 4.73. The van der Waals surface area contributed by atoms with Crippen molar-refractivity contribution in [1.29, 1.82) is 0 Å². The van der Waals surface area contributed by atoms with Crippen LogP contribution in [0.4, 0.5) is 5.69 Å². The molecule has 3 heteroatoms. The summed E-state index contributed by atoms with van der Waals surface area (Å²) in [6, 6.07) is 10.7. The third-order valence-corrected chi connectivity index (χ3v) is 4.48. The van der Waals surface area contributed by atoms with Crippen LogP contribution >= 0.6 is 0 Å². The Balaban J connectivity index is 1.92. The number of piperidine rings is 1. The molecular weight excluding hydrogens is 258 g/mol. The largest absolute Gasteiger partial charge is 0.371 e. The molecule has 21 heavy (non-hydrogen) atoms. The van der Waals surface area contributed by atoms with E-state index in [0.29, 0.717) is 0 Å². The maximum atomic E-state index is 4.66. The molecule has 112 valence electrons. The van der Waals surface area contributed by atoms with Gasteiger partial charge in [0.1, 0.15) is 0 Å². The fourth-order valence-corrected chi connectivity index (χ4v) is 3.32. The number of benzene rings is 1. The average Bonchev–Trinajstić information content (AvgIpc) is 2.53. The summed E-state index contributed by atoms with van der Waals surface area (Å²) < 4.78 is 0. The van der Waals surface area contributed by atoms with E-state index in [2.05, 4.69) is 59.4 Å². The molecular formula is C18H25N3. The van der Waals surface area contributed by atoms with Crippen molar-refractivity contribution < 1.29 is 0 Å². The minimum atomic E-state index is 0.804. The molecule has 0 spiro atoms. The standard InChI is InChI=1S/C18H25N3/c1-3-21(13-15-8-10-19-11-9-15)18-12-14(2)20-17-7-5-4-6-16(17)18/h4-7,12,15,19H,3,8-11,13H2,1-2H3. The lowest BCUT2D eigenvalue weighted by atomic mass is 9.97. The van der Waals surface area contributed by atoms with Gasteiger partial charge in [-0.3, -0.25) is 4.98 Å². The zero-order chi connectivity index (χ0) is 14.7. The van der Waals surface area contributed by atoms with Gasteiger partial charge >= 0.3 is 0 Å². The summed E-state index contributed by atoms with van der Waals surface area (Å²) in [4.78, 5) is 7.20. The Bertz CT molecular complexity index is 602. The summed E-state index contributed by atoms with van der Waals surface area (Å²) in [6.07, 6.45) is 2.58. The van der Waals surface area contributed by atoms with E-state index in [0.717, 1.165) is 30.2 Å². The van der Waals surface area contributed by atoms with Crippen LogP contribution in [-0.4, -0.2) is 31.2 Å². The Hall–Kier alpha value is -1.61. The molecule has 1 N–H and O–H groups in total. The predicted molar refractivity (Wildman–Crippen MR) is 90.0 cm³/mol. The van der Waals surface area contributed by atoms with Gasteiger partial charge in [0, 0.05) is 29.9 Å². The van der Waals surface area contributed by atoms with Crippen LogP contribution in [-0.2, 0) is 0 Å². The summed E-state index contributed by atoms with van der Waals surface area (Å²) >= 11 is 0. The van der Waals surface area contributed by atoms with Gasteiger partial charge in [-0.25, -0.2) is 0 Å². The number of hydrogen-bond acceptors (Lipinski definition) is 3. The molecule has 0 amide bonds. The van der Waals surface area contributed by atoms with Crippen LogP contribution in [0.1, 0.15) is 25.5 Å². The third-order valence-electron chi connectivity index (χ3n) is 4.48. The summed E-state index contributed by atoms with van der Waals surface area (Å²) in [5.74, 6) is 0.804. The molecule has 0 unspecified atom stereocenters. The van der Waals surface area contributed by atoms with E-state index in [-0.39, 0.29) is 0 Å². The molecule has 1 fully saturated rings. The van der Waals surface area contributed by atoms with Crippen molar-refractivity contribution in [2.45, 2.75) is 26.7 Å². The van der Waals surface area contributed by atoms with Crippen molar-refractivity contribution in [3.63, 3.8) is 0 Å². The van der Waals surface area contributed by atoms with Gasteiger partial charge in [-0.2, -0.15) is 0 Å². The van der Waals surface area contributed by atoms with E-state index >= 15 is 0 Å². The van der Waals surface area contributed by atoms with Gasteiger partial charge in [0.25, 0.3) is 0 Å². The zero-order valence-corrected chi connectivity index (χ0v) is 13.1. The summed E-state index contributed by atoms with van der Waals surface area (Å²) in [7, 11) is 0. The molecule has 1 aliphatic rings. The summed E-state index contributed by atoms with van der Waals surface area (Å²) in [5.41, 5.74) is 3.56. The normalized spacial score (nSPS) is 16.3. The van der Waals surface area contributed by atoms with E-state index in [4.69, 9.17) is 0 Å². The fraction of sp³-hybridized carbons (Fsp3) is 0.500. The second-order valence-corrected chi connectivity index (χ2v) is 6.03. The first-order chi connectivity index (χ1) is 10.3. The molecule has 0 bridgehead atoms. The average molecular weight is 283 g/mol. The molecule has 0 atom stereocenters. The highest BCUT2D eigenvalue weighted by molar-refractivity contribution is 5.91. The number of aromatic nitrogens is 1. The second kappa shape index (κ2) is 6.44. The van der Waals surface area contributed by atoms with Gasteiger partial charge in [-0.15, -0.1) is 0 Å². The smallest absolute Gasteiger partial charge is 0.0726 e. The van der Waals surface area contributed by atoms with E-state index in [1.54, 1.807) is 0 Å². The van der Waals surface area contributed by atoms with Gasteiger partial charge in [-0.05, 0) is 57.8 Å². The number of anilines is 1. The molecule has 1 saturated heterocycles. The van der Waals surface area contributed by atoms with Crippen molar-refractivity contribution in [2.24, 2.45) is 5.92 Å². The monoisotopic (exact) mass is 283 g/mol. The zero-order valence-electron chi connectivity index (χ0n) is 13.1. The van der Waals surface area contributed by atoms with Crippen LogP contribution in [0, 0.1) is 12.8 Å². The minimum absolute atomic E-state index is 0.804. The first-order valence-corrected chi connectivity index (χ1v) is 8.10. The maximum Gasteiger partial charge on any atom is 0.0726 e. The van der Waals surface area contributed by atoms with Gasteiger partial charge in [-0.1, -0.05) is 18.2 Å². The number of nitrogens with zero attached hydrogens (tertiary/aromatic N) is 2. The maximum absolute atomic E-state index is 4.66. The third kappa shape index (κ3) is 3.18. The quantitative estimate of drug-likeness (QED) is 0.932. The van der Waals surface area contributed by atoms with Crippen molar-refractivity contribution in [1.82, 2.24) is 10.3 Å². The van der Waals surface area contributed by atoms with E-state index < -0.39 is 0 Å². The molecule has 3 rings (SSSR count). The lowest BCUT2D eigenvalue weighted by Crippen LogP contribution is -2.36. The number of fused-ring (bicyclic) bond motifs is 1. The van der Waals surface area contributed by atoms with Gasteiger partial charge < -0.3 is 10.2 Å². The molecule has 1 aromatic carbocycles. The van der Waals surface area contributed by atoms with Crippen LogP contribution in [0.3, 0.4) is 0 Å². The van der Waals surface area contributed by atoms with Crippen molar-refractivity contribution >= 4 is 16.6 Å². The molecule has 0 radical (unpaired) electrons. The van der Waals surface area contributed by atoms with Gasteiger partial charge in [0.2, 0.25) is 0 Å². The Morgan fingerprint density at radius 2 is 2.00 bits per heavy atom. The molecule has 0 aliphatic carbocycles. The second-order valence-electron chi connectivity index (χ2n) is 6.03. The number of rotatable bonds is 4. The number of aryl methyl sites for hydroxylation is 1. The first kappa shape index (κ1) is 14.3. The summed E-state index contributed by atoms with van der Waals surface area (Å²) in [6.45, 7) is 8.89. The predicted octanol–water partition coefficient (Wildman–Crippen LogP) is 3.37. The molecule has 2 heterocycles.